The molecule has 0 aliphatic heterocycles. The Morgan fingerprint density at radius 3 is 2.74 bits per heavy atom. The summed E-state index contributed by atoms with van der Waals surface area (Å²) in [6, 6.07) is 4.90. The Morgan fingerprint density at radius 1 is 1.58 bits per heavy atom. The van der Waals surface area contributed by atoms with Gasteiger partial charge in [0.15, 0.2) is 0 Å². The molecule has 0 aromatic heterocycles. The van der Waals surface area contributed by atoms with E-state index in [2.05, 4.69) is 17.1 Å². The molecule has 1 aromatic carbocycles. The fourth-order valence-corrected chi connectivity index (χ4v) is 1.70. The first kappa shape index (κ1) is 14.7. The first-order valence-corrected chi connectivity index (χ1v) is 5.50. The van der Waals surface area contributed by atoms with Crippen molar-refractivity contribution in [2.45, 2.75) is 6.92 Å². The fraction of sp³-hybridized carbons (Fsp3) is 0.231. The molecule has 0 atom stereocenters. The van der Waals surface area contributed by atoms with E-state index in [0.717, 1.165) is 0 Å². The van der Waals surface area contributed by atoms with Crippen molar-refractivity contribution in [3.05, 3.63) is 29.6 Å². The largest absolute Gasteiger partial charge is 0.496 e. The highest BCUT2D eigenvalue weighted by Crippen LogP contribution is 2.33. The minimum absolute atomic E-state index is 0.224. The van der Waals surface area contributed by atoms with Gasteiger partial charge in [-0.05, 0) is 25.1 Å². The second-order valence-corrected chi connectivity index (χ2v) is 3.72. The van der Waals surface area contributed by atoms with E-state index in [9.17, 15) is 9.18 Å². The van der Waals surface area contributed by atoms with Gasteiger partial charge in [-0.2, -0.15) is 5.10 Å². The standard InChI is InChI=1S/C13H16FN3O2/c1-9(14)13(17(3)15-2)11-7-10(16-8-18)5-6-12(11)19-4/h5-8H,2H2,1,3-4H3,(H,16,18)/b13-9+. The summed E-state index contributed by atoms with van der Waals surface area (Å²) in [7, 11) is 3.06. The van der Waals surface area contributed by atoms with E-state index in [0.29, 0.717) is 23.4 Å². The van der Waals surface area contributed by atoms with Crippen LogP contribution >= 0.6 is 0 Å². The zero-order valence-electron chi connectivity index (χ0n) is 11.1. The summed E-state index contributed by atoms with van der Waals surface area (Å²) in [5.74, 6) is 0.0374. The predicted molar refractivity (Wildman–Crippen MR) is 73.7 cm³/mol. The number of allylic oxidation sites excluding steroid dienone is 1. The van der Waals surface area contributed by atoms with Crippen molar-refractivity contribution in [1.29, 1.82) is 0 Å². The van der Waals surface area contributed by atoms with Crippen LogP contribution in [-0.2, 0) is 4.79 Å². The average Bonchev–Trinajstić information content (AvgIpc) is 2.39. The third kappa shape index (κ3) is 3.31. The molecule has 0 aliphatic rings. The minimum atomic E-state index is -0.434. The first-order valence-electron chi connectivity index (χ1n) is 5.50. The van der Waals surface area contributed by atoms with Crippen LogP contribution in [0.4, 0.5) is 10.1 Å². The van der Waals surface area contributed by atoms with E-state index in [1.807, 2.05) is 0 Å². The summed E-state index contributed by atoms with van der Waals surface area (Å²) < 4.78 is 18.9. The van der Waals surface area contributed by atoms with E-state index in [4.69, 9.17) is 4.74 Å². The van der Waals surface area contributed by atoms with Gasteiger partial charge in [0.1, 0.15) is 17.3 Å². The third-order valence-electron chi connectivity index (χ3n) is 2.54. The second-order valence-electron chi connectivity index (χ2n) is 3.72. The number of rotatable bonds is 6. The number of ether oxygens (including phenoxy) is 1. The van der Waals surface area contributed by atoms with Crippen LogP contribution < -0.4 is 10.1 Å². The number of hydrogen-bond donors (Lipinski definition) is 1. The Labute approximate surface area is 111 Å². The SMILES string of the molecule is C=NN(C)/C(=C(\C)F)c1cc(NC=O)ccc1OC. The highest BCUT2D eigenvalue weighted by molar-refractivity contribution is 5.78. The zero-order valence-corrected chi connectivity index (χ0v) is 11.1. The first-order chi connectivity index (χ1) is 9.04. The molecule has 6 heteroatoms. The molecule has 0 saturated carbocycles. The maximum atomic E-state index is 13.7. The van der Waals surface area contributed by atoms with Crippen molar-refractivity contribution < 1.29 is 13.9 Å². The zero-order chi connectivity index (χ0) is 14.4. The van der Waals surface area contributed by atoms with E-state index in [1.54, 1.807) is 25.2 Å². The number of halogens is 1. The van der Waals surface area contributed by atoms with Crippen molar-refractivity contribution in [3.8, 4) is 5.75 Å². The molecule has 0 saturated heterocycles. The molecule has 0 radical (unpaired) electrons. The Kier molecular flexibility index (Phi) is 5.05. The molecule has 1 amide bonds. The van der Waals surface area contributed by atoms with Crippen molar-refractivity contribution in [2.75, 3.05) is 19.5 Å². The second kappa shape index (κ2) is 6.53. The lowest BCUT2D eigenvalue weighted by atomic mass is 10.1. The van der Waals surface area contributed by atoms with Crippen LogP contribution in [0.2, 0.25) is 0 Å². The van der Waals surface area contributed by atoms with Crippen LogP contribution in [0.15, 0.2) is 29.1 Å². The topological polar surface area (TPSA) is 53.9 Å². The molecule has 0 aliphatic carbocycles. The molecule has 0 spiro atoms. The average molecular weight is 265 g/mol. The fourth-order valence-electron chi connectivity index (χ4n) is 1.70. The van der Waals surface area contributed by atoms with Crippen LogP contribution in [-0.4, -0.2) is 32.3 Å². The highest BCUT2D eigenvalue weighted by Gasteiger charge is 2.16. The molecule has 1 aromatic rings. The number of methoxy groups -OCH3 is 1. The lowest BCUT2D eigenvalue weighted by Crippen LogP contribution is -2.11. The normalized spacial score (nSPS) is 11.4. The minimum Gasteiger partial charge on any atom is -0.496 e. The van der Waals surface area contributed by atoms with Gasteiger partial charge in [-0.3, -0.25) is 9.80 Å². The molecular formula is C13H16FN3O2. The van der Waals surface area contributed by atoms with Gasteiger partial charge in [0.25, 0.3) is 0 Å². The molecule has 5 nitrogen and oxygen atoms in total. The van der Waals surface area contributed by atoms with E-state index in [-0.39, 0.29) is 5.70 Å². The van der Waals surface area contributed by atoms with Gasteiger partial charge < -0.3 is 10.1 Å². The number of nitrogens with zero attached hydrogens (tertiary/aromatic N) is 2. The third-order valence-corrected chi connectivity index (χ3v) is 2.54. The Balaban J connectivity index is 3.43. The van der Waals surface area contributed by atoms with Gasteiger partial charge in [-0.15, -0.1) is 0 Å². The smallest absolute Gasteiger partial charge is 0.211 e. The van der Waals surface area contributed by atoms with E-state index < -0.39 is 5.83 Å². The number of amides is 1. The van der Waals surface area contributed by atoms with Crippen molar-refractivity contribution in [3.63, 3.8) is 0 Å². The van der Waals surface area contributed by atoms with E-state index in [1.165, 1.54) is 19.0 Å². The summed E-state index contributed by atoms with van der Waals surface area (Å²) in [5.41, 5.74) is 1.23. The maximum Gasteiger partial charge on any atom is 0.211 e. The number of benzene rings is 1. The number of carbonyl (C=O) groups is 1. The van der Waals surface area contributed by atoms with Crippen LogP contribution in [0.3, 0.4) is 0 Å². The number of anilines is 1. The van der Waals surface area contributed by atoms with Crippen LogP contribution in [0.5, 0.6) is 5.75 Å². The number of hydrogen-bond acceptors (Lipinski definition) is 4. The molecular weight excluding hydrogens is 249 g/mol. The molecule has 102 valence electrons. The Hall–Kier alpha value is -2.37. The van der Waals surface area contributed by atoms with Crippen molar-refractivity contribution in [2.24, 2.45) is 5.10 Å². The number of carbonyl (C=O) groups excluding carboxylic acids is 1. The summed E-state index contributed by atoms with van der Waals surface area (Å²) in [5, 5.41) is 7.48. The maximum absolute atomic E-state index is 13.7. The van der Waals surface area contributed by atoms with E-state index >= 15 is 0 Å². The summed E-state index contributed by atoms with van der Waals surface area (Å²) >= 11 is 0. The molecule has 0 fully saturated rings. The van der Waals surface area contributed by atoms with Gasteiger partial charge in [0.2, 0.25) is 6.41 Å². The van der Waals surface area contributed by atoms with Crippen molar-refractivity contribution >= 4 is 24.5 Å². The molecule has 0 bridgehead atoms. The van der Waals surface area contributed by atoms with Gasteiger partial charge in [0.05, 0.1) is 7.11 Å². The highest BCUT2D eigenvalue weighted by atomic mass is 19.1. The monoisotopic (exact) mass is 265 g/mol. The quantitative estimate of drug-likeness (QED) is 0.488. The number of nitrogens with one attached hydrogen (secondary N) is 1. The molecule has 0 unspecified atom stereocenters. The predicted octanol–water partition coefficient (Wildman–Crippen LogP) is 2.47. The lowest BCUT2D eigenvalue weighted by Gasteiger charge is -2.20. The summed E-state index contributed by atoms with van der Waals surface area (Å²) in [6.45, 7) is 4.68. The van der Waals surface area contributed by atoms with Crippen LogP contribution in [0, 0.1) is 0 Å². The lowest BCUT2D eigenvalue weighted by molar-refractivity contribution is -0.105. The van der Waals surface area contributed by atoms with Crippen LogP contribution in [0.25, 0.3) is 5.70 Å². The molecule has 1 rings (SSSR count). The van der Waals surface area contributed by atoms with Gasteiger partial charge in [-0.1, -0.05) is 0 Å². The van der Waals surface area contributed by atoms with Crippen molar-refractivity contribution in [1.82, 2.24) is 5.01 Å². The Morgan fingerprint density at radius 2 is 2.26 bits per heavy atom. The molecule has 0 heterocycles. The Bertz CT molecular complexity index is 511. The van der Waals surface area contributed by atoms with Gasteiger partial charge >= 0.3 is 0 Å². The summed E-state index contributed by atoms with van der Waals surface area (Å²) in [4.78, 5) is 10.5. The summed E-state index contributed by atoms with van der Waals surface area (Å²) in [6.07, 6.45) is 0.548. The molecule has 1 N–H and O–H groups in total. The molecule has 19 heavy (non-hydrogen) atoms. The van der Waals surface area contributed by atoms with Gasteiger partial charge in [0, 0.05) is 25.0 Å². The van der Waals surface area contributed by atoms with Crippen LogP contribution in [0.1, 0.15) is 12.5 Å². The van der Waals surface area contributed by atoms with Gasteiger partial charge in [-0.25, -0.2) is 4.39 Å². The number of hydrazone groups is 1.